The van der Waals surface area contributed by atoms with E-state index in [9.17, 15) is 9.59 Å². The summed E-state index contributed by atoms with van der Waals surface area (Å²) in [6.07, 6.45) is 0.707. The van der Waals surface area contributed by atoms with E-state index in [1.807, 2.05) is 4.90 Å². The van der Waals surface area contributed by atoms with Gasteiger partial charge in [0, 0.05) is 26.2 Å². The van der Waals surface area contributed by atoms with Crippen molar-refractivity contribution in [1.29, 1.82) is 0 Å². The van der Waals surface area contributed by atoms with Crippen molar-refractivity contribution in [3.63, 3.8) is 0 Å². The number of esters is 1. The molecule has 0 saturated carbocycles. The number of carbonyl (C=O) groups excluding carboxylic acids is 2. The summed E-state index contributed by atoms with van der Waals surface area (Å²) >= 11 is 18.2. The summed E-state index contributed by atoms with van der Waals surface area (Å²) in [6.45, 7) is 5.76. The molecule has 2 heterocycles. The van der Waals surface area contributed by atoms with Crippen LogP contribution in [0.3, 0.4) is 0 Å². The van der Waals surface area contributed by atoms with E-state index in [4.69, 9.17) is 39.5 Å². The van der Waals surface area contributed by atoms with Crippen LogP contribution in [0.4, 0.5) is 5.82 Å². The zero-order valence-electron chi connectivity index (χ0n) is 16.1. The second-order valence-corrected chi connectivity index (χ2v) is 8.12. The highest BCUT2D eigenvalue weighted by atomic mass is 35.5. The quantitative estimate of drug-likeness (QED) is 0.512. The first kappa shape index (κ1) is 21.9. The van der Waals surface area contributed by atoms with E-state index >= 15 is 0 Å². The summed E-state index contributed by atoms with van der Waals surface area (Å²) in [6, 6.07) is 3.19. The van der Waals surface area contributed by atoms with Crippen LogP contribution in [-0.2, 0) is 9.53 Å². The van der Waals surface area contributed by atoms with Gasteiger partial charge in [-0.1, -0.05) is 23.2 Å². The highest BCUT2D eigenvalue weighted by Gasteiger charge is 2.27. The number of hydrogen-bond acceptors (Lipinski definition) is 6. The third kappa shape index (κ3) is 4.85. The summed E-state index contributed by atoms with van der Waals surface area (Å²) in [5.74, 6) is -0.262. The summed E-state index contributed by atoms with van der Waals surface area (Å²) in [5, 5.41) is 0.103. The number of aromatic nitrogens is 2. The van der Waals surface area contributed by atoms with Crippen molar-refractivity contribution in [2.24, 2.45) is 0 Å². The molecule has 0 N–H and O–H groups in total. The molecule has 1 aliphatic rings. The van der Waals surface area contributed by atoms with Gasteiger partial charge in [0.2, 0.25) is 5.91 Å². The van der Waals surface area contributed by atoms with Crippen molar-refractivity contribution >= 4 is 63.5 Å². The van der Waals surface area contributed by atoms with Gasteiger partial charge in [-0.2, -0.15) is 0 Å². The third-order valence-corrected chi connectivity index (χ3v) is 5.51. The number of hydrogen-bond donors (Lipinski definition) is 0. The Balaban J connectivity index is 2.00. The average molecular weight is 460 g/mol. The number of fused-ring (bicyclic) bond motifs is 1. The third-order valence-electron chi connectivity index (χ3n) is 4.60. The molecular weight excluding hydrogens is 439 g/mol. The number of benzene rings is 1. The molecule has 2 aromatic rings. The second-order valence-electron chi connectivity index (χ2n) is 6.65. The molecule has 1 saturated heterocycles. The molecule has 1 aromatic heterocycles. The van der Waals surface area contributed by atoms with Crippen LogP contribution in [0.1, 0.15) is 30.8 Å². The first-order valence-electron chi connectivity index (χ1n) is 9.33. The summed E-state index contributed by atoms with van der Waals surface area (Å²) < 4.78 is 5.18. The minimum atomic E-state index is -0.580. The van der Waals surface area contributed by atoms with Gasteiger partial charge in [0.15, 0.2) is 11.5 Å². The smallest absolute Gasteiger partial charge is 0.360 e. The van der Waals surface area contributed by atoms with E-state index in [1.54, 1.807) is 30.9 Å². The molecule has 1 fully saturated rings. The van der Waals surface area contributed by atoms with Crippen LogP contribution in [0, 0.1) is 0 Å². The molecule has 29 heavy (non-hydrogen) atoms. The maximum atomic E-state index is 12.6. The second kappa shape index (κ2) is 9.32. The largest absolute Gasteiger partial charge is 0.461 e. The van der Waals surface area contributed by atoms with Crippen LogP contribution >= 0.6 is 34.8 Å². The van der Waals surface area contributed by atoms with E-state index in [-0.39, 0.29) is 18.2 Å². The van der Waals surface area contributed by atoms with Crippen molar-refractivity contribution in [2.45, 2.75) is 25.6 Å². The van der Waals surface area contributed by atoms with Gasteiger partial charge in [-0.15, -0.1) is 11.6 Å². The first-order chi connectivity index (χ1) is 13.8. The molecule has 3 rings (SSSR count). The lowest BCUT2D eigenvalue weighted by Gasteiger charge is -2.24. The molecule has 1 unspecified atom stereocenters. The Morgan fingerprint density at radius 2 is 1.76 bits per heavy atom. The van der Waals surface area contributed by atoms with Crippen molar-refractivity contribution in [3.05, 3.63) is 27.9 Å². The molecule has 0 radical (unpaired) electrons. The van der Waals surface area contributed by atoms with Gasteiger partial charge in [0.05, 0.1) is 27.7 Å². The van der Waals surface area contributed by atoms with E-state index in [0.717, 1.165) is 0 Å². The number of ether oxygens (including phenoxy) is 1. The number of nitrogens with zero attached hydrogens (tertiary/aromatic N) is 4. The number of halogens is 3. The zero-order chi connectivity index (χ0) is 21.1. The van der Waals surface area contributed by atoms with Gasteiger partial charge in [-0.25, -0.2) is 14.8 Å². The van der Waals surface area contributed by atoms with Gasteiger partial charge in [0.1, 0.15) is 5.38 Å². The molecular formula is C19H21Cl3N4O3. The maximum absolute atomic E-state index is 12.6. The highest BCUT2D eigenvalue weighted by Crippen LogP contribution is 2.29. The summed E-state index contributed by atoms with van der Waals surface area (Å²) in [5.41, 5.74) is 1.09. The molecule has 1 aromatic carbocycles. The molecule has 156 valence electrons. The highest BCUT2D eigenvalue weighted by molar-refractivity contribution is 6.42. The number of rotatable bonds is 4. The fourth-order valence-electron chi connectivity index (χ4n) is 3.20. The van der Waals surface area contributed by atoms with Crippen LogP contribution in [0.5, 0.6) is 0 Å². The fraction of sp³-hybridized carbons (Fsp3) is 0.474. The predicted octanol–water partition coefficient (Wildman–Crippen LogP) is 3.78. The Labute approximate surface area is 183 Å². The fourth-order valence-corrected chi connectivity index (χ4v) is 3.65. The Kier molecular flexibility index (Phi) is 7.03. The lowest BCUT2D eigenvalue weighted by molar-refractivity contribution is -0.130. The molecule has 1 amide bonds. The molecule has 1 atom stereocenters. The zero-order valence-corrected chi connectivity index (χ0v) is 18.4. The number of anilines is 1. The summed E-state index contributed by atoms with van der Waals surface area (Å²) in [7, 11) is 0. The van der Waals surface area contributed by atoms with Crippen LogP contribution in [-0.4, -0.2) is 64.9 Å². The molecule has 7 nitrogen and oxygen atoms in total. The van der Waals surface area contributed by atoms with Crippen LogP contribution < -0.4 is 4.90 Å². The summed E-state index contributed by atoms with van der Waals surface area (Å²) in [4.78, 5) is 37.6. The van der Waals surface area contributed by atoms with Gasteiger partial charge >= 0.3 is 5.97 Å². The molecule has 1 aliphatic heterocycles. The lowest BCUT2D eigenvalue weighted by Crippen LogP contribution is -2.39. The molecule has 0 spiro atoms. The van der Waals surface area contributed by atoms with Crippen LogP contribution in [0.25, 0.3) is 11.0 Å². The minimum Gasteiger partial charge on any atom is -0.461 e. The van der Waals surface area contributed by atoms with Crippen molar-refractivity contribution in [1.82, 2.24) is 14.9 Å². The molecule has 0 aliphatic carbocycles. The monoisotopic (exact) mass is 458 g/mol. The van der Waals surface area contributed by atoms with E-state index in [0.29, 0.717) is 59.5 Å². The van der Waals surface area contributed by atoms with E-state index in [1.165, 1.54) is 0 Å². The Hall–Kier alpha value is -1.83. The van der Waals surface area contributed by atoms with Crippen molar-refractivity contribution in [3.8, 4) is 0 Å². The number of alkyl halides is 1. The van der Waals surface area contributed by atoms with E-state index < -0.39 is 11.3 Å². The SMILES string of the molecule is CCOC(=O)c1nc2cc(Cl)c(Cl)cc2nc1N1CCCN(C(=O)C(C)Cl)CC1. The Morgan fingerprint density at radius 3 is 2.38 bits per heavy atom. The standard InChI is InChI=1S/C19H21Cl3N4O3/c1-3-29-19(28)16-17(24-15-10-13(22)12(21)9-14(15)23-16)25-5-4-6-26(8-7-25)18(27)11(2)20/h9-11H,3-8H2,1-2H3. The van der Waals surface area contributed by atoms with Gasteiger partial charge < -0.3 is 14.5 Å². The van der Waals surface area contributed by atoms with Crippen LogP contribution in [0.15, 0.2) is 12.1 Å². The lowest BCUT2D eigenvalue weighted by atomic mass is 10.2. The van der Waals surface area contributed by atoms with Crippen molar-refractivity contribution in [2.75, 3.05) is 37.7 Å². The number of amides is 1. The van der Waals surface area contributed by atoms with E-state index in [2.05, 4.69) is 9.97 Å². The Bertz CT molecular complexity index is 939. The topological polar surface area (TPSA) is 75.6 Å². The van der Waals surface area contributed by atoms with Gasteiger partial charge in [-0.05, 0) is 32.4 Å². The maximum Gasteiger partial charge on any atom is 0.360 e. The Morgan fingerprint density at radius 1 is 1.10 bits per heavy atom. The van der Waals surface area contributed by atoms with Gasteiger partial charge in [-0.3, -0.25) is 4.79 Å². The minimum absolute atomic E-state index is 0.106. The van der Waals surface area contributed by atoms with Crippen LogP contribution in [0.2, 0.25) is 10.0 Å². The number of carbonyl (C=O) groups is 2. The van der Waals surface area contributed by atoms with Gasteiger partial charge in [0.25, 0.3) is 0 Å². The molecule has 0 bridgehead atoms. The normalized spacial score (nSPS) is 15.9. The average Bonchev–Trinajstić information content (AvgIpc) is 2.93. The first-order valence-corrected chi connectivity index (χ1v) is 10.5. The molecule has 10 heteroatoms. The predicted molar refractivity (Wildman–Crippen MR) is 114 cm³/mol. The van der Waals surface area contributed by atoms with Crippen molar-refractivity contribution < 1.29 is 14.3 Å².